The molecule has 344 valence electrons. The summed E-state index contributed by atoms with van der Waals surface area (Å²) in [6.07, 6.45) is 13.8. The van der Waals surface area contributed by atoms with Crippen LogP contribution in [0.5, 0.6) is 0 Å². The number of benzene rings is 1. The van der Waals surface area contributed by atoms with Crippen molar-refractivity contribution in [2.75, 3.05) is 78.2 Å². The van der Waals surface area contributed by atoms with Gasteiger partial charge in [0.05, 0.1) is 46.5 Å². The lowest BCUT2D eigenvalue weighted by molar-refractivity contribution is 0.0356. The van der Waals surface area contributed by atoms with E-state index in [9.17, 15) is 21.9 Å². The predicted octanol–water partition coefficient (Wildman–Crippen LogP) is 5.69. The third-order valence-corrected chi connectivity index (χ3v) is 14.5. The van der Waals surface area contributed by atoms with Crippen LogP contribution in [-0.2, 0) is 20.4 Å². The highest BCUT2D eigenvalue weighted by atomic mass is 35.5. The molecule has 21 heteroatoms. The number of piperidine rings is 1. The van der Waals surface area contributed by atoms with Gasteiger partial charge in [-0.25, -0.2) is 20.2 Å². The van der Waals surface area contributed by atoms with Crippen molar-refractivity contribution in [1.29, 1.82) is 0 Å². The van der Waals surface area contributed by atoms with Crippen molar-refractivity contribution in [3.63, 3.8) is 0 Å². The van der Waals surface area contributed by atoms with Crippen molar-refractivity contribution in [2.45, 2.75) is 102 Å². The Balaban J connectivity index is 0.000000218. The topological polar surface area (TPSA) is 207 Å². The number of pyridine rings is 2. The van der Waals surface area contributed by atoms with Crippen molar-refractivity contribution >= 4 is 78.2 Å². The van der Waals surface area contributed by atoms with Crippen molar-refractivity contribution in [1.82, 2.24) is 24.7 Å². The second-order valence-corrected chi connectivity index (χ2v) is 20.5. The quantitative estimate of drug-likeness (QED) is 0.140. The Hall–Kier alpha value is -2.75. The second-order valence-electron chi connectivity index (χ2n) is 16.7. The SMILES string of the molecule is CC[C@H]1CN(c2ncc(NS(N)(=O)=O)cc2Cl)CCN1C1CCCCC1.CC[C@H]1CN(c2ncc(NS(N)(=O)=O)cc2Cl)CCN1C1CCN(C(CO)c2ccc(Cl)cc2)CC1. The van der Waals surface area contributed by atoms with Gasteiger partial charge in [0, 0.05) is 81.5 Å². The summed E-state index contributed by atoms with van der Waals surface area (Å²) in [5, 5.41) is 21.6. The van der Waals surface area contributed by atoms with Gasteiger partial charge in [0.15, 0.2) is 0 Å². The molecule has 4 fully saturated rings. The van der Waals surface area contributed by atoms with E-state index in [4.69, 9.17) is 45.1 Å². The van der Waals surface area contributed by atoms with E-state index in [2.05, 4.69) is 57.8 Å². The number of nitrogens with one attached hydrogen (secondary N) is 2. The number of hydrogen-bond donors (Lipinski definition) is 5. The van der Waals surface area contributed by atoms with Gasteiger partial charge in [-0.15, -0.1) is 0 Å². The number of rotatable bonds is 13. The molecular weight excluding hydrogens is 897 g/mol. The first-order valence-corrected chi connectivity index (χ1v) is 25.8. The Morgan fingerprint density at radius 3 is 1.55 bits per heavy atom. The summed E-state index contributed by atoms with van der Waals surface area (Å²) in [7, 11) is -7.72. The first-order valence-electron chi connectivity index (χ1n) is 21.6. The average Bonchev–Trinajstić information content (AvgIpc) is 3.24. The summed E-state index contributed by atoms with van der Waals surface area (Å²) in [6.45, 7) is 11.7. The molecule has 4 aliphatic rings. The minimum Gasteiger partial charge on any atom is -0.394 e. The highest BCUT2D eigenvalue weighted by molar-refractivity contribution is 7.90. The number of likely N-dealkylation sites (tertiary alicyclic amines) is 1. The molecule has 2 aromatic heterocycles. The van der Waals surface area contributed by atoms with E-state index in [1.807, 2.05) is 24.3 Å². The van der Waals surface area contributed by atoms with Crippen LogP contribution in [0.25, 0.3) is 0 Å². The summed E-state index contributed by atoms with van der Waals surface area (Å²) in [5.41, 5.74) is 1.60. The van der Waals surface area contributed by atoms with Gasteiger partial charge < -0.3 is 14.9 Å². The predicted molar refractivity (Wildman–Crippen MR) is 251 cm³/mol. The van der Waals surface area contributed by atoms with Crippen molar-refractivity contribution in [2.24, 2.45) is 10.3 Å². The Morgan fingerprint density at radius 2 is 1.15 bits per heavy atom. The van der Waals surface area contributed by atoms with Crippen LogP contribution in [0.15, 0.2) is 48.8 Å². The van der Waals surface area contributed by atoms with Crippen LogP contribution in [0, 0.1) is 0 Å². The number of aromatic nitrogens is 2. The second kappa shape index (κ2) is 22.0. The normalized spacial score (nSPS) is 22.2. The molecule has 0 radical (unpaired) electrons. The molecule has 3 aliphatic heterocycles. The van der Waals surface area contributed by atoms with Crippen LogP contribution in [-0.4, -0.2) is 130 Å². The number of nitrogens with two attached hydrogens (primary N) is 2. The van der Waals surface area contributed by atoms with E-state index in [0.29, 0.717) is 50.9 Å². The van der Waals surface area contributed by atoms with E-state index >= 15 is 0 Å². The van der Waals surface area contributed by atoms with E-state index in [1.54, 1.807) is 6.07 Å². The molecule has 1 aliphatic carbocycles. The fourth-order valence-corrected chi connectivity index (χ4v) is 11.2. The van der Waals surface area contributed by atoms with Crippen molar-refractivity contribution < 1.29 is 21.9 Å². The Kier molecular flexibility index (Phi) is 17.2. The van der Waals surface area contributed by atoms with Gasteiger partial charge in [-0.3, -0.25) is 24.1 Å². The van der Waals surface area contributed by atoms with Crippen LogP contribution < -0.4 is 29.5 Å². The van der Waals surface area contributed by atoms with Crippen molar-refractivity contribution in [3.8, 4) is 0 Å². The van der Waals surface area contributed by atoms with Crippen LogP contribution >= 0.6 is 34.8 Å². The maximum atomic E-state index is 11.3. The fraction of sp³-hybridized carbons (Fsp3) is 0.610. The molecule has 1 saturated carbocycles. The number of aliphatic hydroxyl groups is 1. The van der Waals surface area contributed by atoms with Gasteiger partial charge in [-0.05, 0) is 68.4 Å². The van der Waals surface area contributed by atoms with Gasteiger partial charge in [0.1, 0.15) is 11.6 Å². The lowest BCUT2D eigenvalue weighted by atomic mass is 9.92. The Bertz CT molecular complexity index is 2150. The number of nitrogens with zero attached hydrogens (tertiary/aromatic N) is 7. The highest BCUT2D eigenvalue weighted by Gasteiger charge is 2.36. The largest absolute Gasteiger partial charge is 0.394 e. The lowest BCUT2D eigenvalue weighted by Crippen LogP contribution is -2.58. The molecule has 7 N–H and O–H groups in total. The maximum absolute atomic E-state index is 11.3. The first-order chi connectivity index (χ1) is 29.5. The fourth-order valence-electron chi connectivity index (χ4n) is 9.64. The zero-order valence-corrected chi connectivity index (χ0v) is 39.5. The molecule has 5 heterocycles. The van der Waals surface area contributed by atoms with Gasteiger partial charge in [0.25, 0.3) is 20.4 Å². The van der Waals surface area contributed by atoms with Crippen LogP contribution in [0.3, 0.4) is 0 Å². The molecule has 0 spiro atoms. The molecule has 3 aromatic rings. The van der Waals surface area contributed by atoms with Gasteiger partial charge in [0.2, 0.25) is 0 Å². The minimum absolute atomic E-state index is 0.0121. The van der Waals surface area contributed by atoms with Gasteiger partial charge >= 0.3 is 0 Å². The number of hydrogen-bond acceptors (Lipinski definition) is 12. The third-order valence-electron chi connectivity index (χ3n) is 12.6. The molecule has 3 saturated heterocycles. The van der Waals surface area contributed by atoms with E-state index in [1.165, 1.54) is 50.6 Å². The number of halogens is 3. The van der Waals surface area contributed by atoms with Crippen LogP contribution in [0.1, 0.15) is 83.2 Å². The smallest absolute Gasteiger partial charge is 0.296 e. The molecule has 16 nitrogen and oxygen atoms in total. The lowest BCUT2D eigenvalue weighted by Gasteiger charge is -2.48. The number of anilines is 4. The van der Waals surface area contributed by atoms with E-state index < -0.39 is 20.4 Å². The molecule has 1 unspecified atom stereocenters. The minimum atomic E-state index is -3.88. The van der Waals surface area contributed by atoms with Crippen LogP contribution in [0.4, 0.5) is 23.0 Å². The molecule has 1 aromatic carbocycles. The zero-order valence-electron chi connectivity index (χ0n) is 35.5. The third kappa shape index (κ3) is 13.2. The summed E-state index contributed by atoms with van der Waals surface area (Å²) >= 11 is 18.9. The van der Waals surface area contributed by atoms with E-state index in [0.717, 1.165) is 83.6 Å². The highest BCUT2D eigenvalue weighted by Crippen LogP contribution is 2.34. The summed E-state index contributed by atoms with van der Waals surface area (Å²) in [5.74, 6) is 1.35. The summed E-state index contributed by atoms with van der Waals surface area (Å²) in [6, 6.07) is 12.9. The average molecular weight is 960 g/mol. The first kappa shape index (κ1) is 48.7. The Labute approximate surface area is 382 Å². The Morgan fingerprint density at radius 1 is 0.694 bits per heavy atom. The maximum Gasteiger partial charge on any atom is 0.296 e. The summed E-state index contributed by atoms with van der Waals surface area (Å²) < 4.78 is 49.3. The number of aliphatic hydroxyl groups excluding tert-OH is 1. The zero-order chi connectivity index (χ0) is 44.6. The van der Waals surface area contributed by atoms with Gasteiger partial charge in [-0.2, -0.15) is 16.8 Å². The van der Waals surface area contributed by atoms with Gasteiger partial charge in [-0.1, -0.05) is 80.0 Å². The molecular formula is C41H62Cl3N11O5S2. The molecule has 0 amide bonds. The molecule has 7 rings (SSSR count). The molecule has 3 atom stereocenters. The standard InChI is InChI=1S/C24H34Cl2N6O3S.C17H28ClN5O2S/c1-2-20-15-31(24-22(26)13-19(14-28-24)29-36(27,34)35)11-12-32(20)21-7-9-30(10-8-21)23(16-33)17-3-5-18(25)6-4-17;1-2-14-12-22(8-9-23(14)15-6-4-3-5-7-15)17-16(18)10-13(11-20-17)21-26(19,24)25/h3-6,13-14,20-21,23,29,33H,2,7-12,15-16H2,1H3,(H2,27,34,35);10-11,14-15,21H,2-9,12H2,1H3,(H2,19,24,25)/t20-,23?;14-/m00/s1. The summed E-state index contributed by atoms with van der Waals surface area (Å²) in [4.78, 5) is 20.9. The van der Waals surface area contributed by atoms with Crippen molar-refractivity contribution in [3.05, 3.63) is 69.4 Å². The van der Waals surface area contributed by atoms with E-state index in [-0.39, 0.29) is 24.0 Å². The molecule has 62 heavy (non-hydrogen) atoms. The number of piperazine rings is 2. The monoisotopic (exact) mass is 957 g/mol. The van der Waals surface area contributed by atoms with Crippen LogP contribution in [0.2, 0.25) is 15.1 Å². The molecule has 0 bridgehead atoms.